The van der Waals surface area contributed by atoms with Gasteiger partial charge in [-0.05, 0) is 61.1 Å². The van der Waals surface area contributed by atoms with Gasteiger partial charge in [-0.1, -0.05) is 18.2 Å². The van der Waals surface area contributed by atoms with Crippen LogP contribution in [0, 0.1) is 12.7 Å². The Morgan fingerprint density at radius 2 is 1.78 bits per heavy atom. The molecular weight excluding hydrogens is 363 g/mol. The second kappa shape index (κ2) is 6.77. The maximum Gasteiger partial charge on any atom is 0.243 e. The van der Waals surface area contributed by atoms with Gasteiger partial charge in [-0.3, -0.25) is 0 Å². The molecule has 0 radical (unpaired) electrons. The number of aryl methyl sites for hydroxylation is 2. The van der Waals surface area contributed by atoms with Crippen LogP contribution in [0.4, 0.5) is 4.39 Å². The first-order chi connectivity index (χ1) is 12.9. The summed E-state index contributed by atoms with van der Waals surface area (Å²) in [6, 6.07) is 12.3. The molecule has 1 saturated heterocycles. The predicted molar refractivity (Wildman–Crippen MR) is 105 cm³/mol. The number of para-hydroxylation sites is 1. The van der Waals surface area contributed by atoms with E-state index in [0.29, 0.717) is 24.6 Å². The minimum Gasteiger partial charge on any atom is -0.350 e. The lowest BCUT2D eigenvalue weighted by atomic mass is 9.90. The third kappa shape index (κ3) is 3.17. The van der Waals surface area contributed by atoms with Crippen molar-refractivity contribution in [2.75, 3.05) is 13.1 Å². The van der Waals surface area contributed by atoms with E-state index in [9.17, 15) is 12.8 Å². The van der Waals surface area contributed by atoms with Gasteiger partial charge in [-0.2, -0.15) is 4.31 Å². The summed E-state index contributed by atoms with van der Waals surface area (Å²) in [6.07, 6.45) is 3.74. The molecule has 0 amide bonds. The van der Waals surface area contributed by atoms with Crippen LogP contribution in [0.25, 0.3) is 10.9 Å². The fourth-order valence-electron chi connectivity index (χ4n) is 4.03. The van der Waals surface area contributed by atoms with E-state index >= 15 is 0 Å². The molecule has 1 fully saturated rings. The topological polar surface area (TPSA) is 42.3 Å². The number of hydrogen-bond donors (Lipinski definition) is 0. The third-order valence-corrected chi connectivity index (χ3v) is 7.48. The third-order valence-electron chi connectivity index (χ3n) is 5.59. The minimum absolute atomic E-state index is 0.171. The highest BCUT2D eigenvalue weighted by molar-refractivity contribution is 7.89. The predicted octanol–water partition coefficient (Wildman–Crippen LogP) is 4.19. The molecule has 1 aromatic heterocycles. The van der Waals surface area contributed by atoms with Crippen molar-refractivity contribution in [2.24, 2.45) is 7.05 Å². The molecule has 6 heteroatoms. The summed E-state index contributed by atoms with van der Waals surface area (Å²) in [5, 5.41) is 1.25. The Bertz CT molecular complexity index is 1100. The second-order valence-corrected chi connectivity index (χ2v) is 9.24. The van der Waals surface area contributed by atoms with Crippen molar-refractivity contribution in [3.05, 3.63) is 65.6 Å². The maximum absolute atomic E-state index is 13.5. The lowest BCUT2D eigenvalue weighted by Crippen LogP contribution is -2.37. The van der Waals surface area contributed by atoms with Crippen LogP contribution in [0.1, 0.15) is 29.9 Å². The maximum atomic E-state index is 13.5. The smallest absolute Gasteiger partial charge is 0.243 e. The van der Waals surface area contributed by atoms with Gasteiger partial charge >= 0.3 is 0 Å². The lowest BCUT2D eigenvalue weighted by molar-refractivity contribution is 0.320. The summed E-state index contributed by atoms with van der Waals surface area (Å²) in [6.45, 7) is 2.54. The van der Waals surface area contributed by atoms with E-state index in [1.54, 1.807) is 6.92 Å². The summed E-state index contributed by atoms with van der Waals surface area (Å²) in [5.74, 6) is -0.0406. The van der Waals surface area contributed by atoms with Gasteiger partial charge in [-0.25, -0.2) is 12.8 Å². The summed E-state index contributed by atoms with van der Waals surface area (Å²) >= 11 is 0. The van der Waals surface area contributed by atoms with Crippen LogP contribution < -0.4 is 0 Å². The lowest BCUT2D eigenvalue weighted by Gasteiger charge is -2.31. The molecule has 0 spiro atoms. The Hall–Kier alpha value is -2.18. The average molecular weight is 386 g/mol. The molecule has 4 rings (SSSR count). The van der Waals surface area contributed by atoms with Crippen LogP contribution in [-0.2, 0) is 17.1 Å². The van der Waals surface area contributed by atoms with Crippen molar-refractivity contribution in [1.29, 1.82) is 0 Å². The molecular formula is C21H23FN2O2S. The highest BCUT2D eigenvalue weighted by Crippen LogP contribution is 2.35. The number of hydrogen-bond acceptors (Lipinski definition) is 2. The number of piperidine rings is 1. The van der Waals surface area contributed by atoms with Gasteiger partial charge in [-0.15, -0.1) is 0 Å². The molecule has 0 saturated carbocycles. The number of aromatic nitrogens is 1. The Morgan fingerprint density at radius 3 is 2.48 bits per heavy atom. The zero-order chi connectivity index (χ0) is 19.2. The highest BCUT2D eigenvalue weighted by atomic mass is 32.2. The van der Waals surface area contributed by atoms with E-state index in [-0.39, 0.29) is 10.7 Å². The Labute approximate surface area is 159 Å². The molecule has 1 aliphatic heterocycles. The summed E-state index contributed by atoms with van der Waals surface area (Å²) in [5.41, 5.74) is 2.84. The largest absolute Gasteiger partial charge is 0.350 e. The Balaban J connectivity index is 1.55. The van der Waals surface area contributed by atoms with E-state index in [0.717, 1.165) is 12.8 Å². The molecule has 0 N–H and O–H groups in total. The number of nitrogens with zero attached hydrogens (tertiary/aromatic N) is 2. The highest BCUT2D eigenvalue weighted by Gasteiger charge is 2.31. The van der Waals surface area contributed by atoms with E-state index in [2.05, 4.69) is 22.9 Å². The quantitative estimate of drug-likeness (QED) is 0.677. The van der Waals surface area contributed by atoms with E-state index in [1.807, 2.05) is 19.2 Å². The van der Waals surface area contributed by atoms with Crippen molar-refractivity contribution < 1.29 is 12.8 Å². The Morgan fingerprint density at radius 1 is 1.07 bits per heavy atom. The fourth-order valence-corrected chi connectivity index (χ4v) is 5.59. The van der Waals surface area contributed by atoms with Crippen LogP contribution in [0.2, 0.25) is 0 Å². The van der Waals surface area contributed by atoms with Crippen LogP contribution in [0.5, 0.6) is 0 Å². The van der Waals surface area contributed by atoms with Gasteiger partial charge in [0.15, 0.2) is 0 Å². The van der Waals surface area contributed by atoms with Gasteiger partial charge in [0.2, 0.25) is 10.0 Å². The molecule has 2 heterocycles. The fraction of sp³-hybridized carbons (Fsp3) is 0.333. The average Bonchev–Trinajstić information content (AvgIpc) is 3.01. The molecule has 27 heavy (non-hydrogen) atoms. The first-order valence-corrected chi connectivity index (χ1v) is 10.6. The van der Waals surface area contributed by atoms with E-state index in [1.165, 1.54) is 39.0 Å². The van der Waals surface area contributed by atoms with Crippen LogP contribution in [0.15, 0.2) is 53.6 Å². The van der Waals surface area contributed by atoms with Crippen molar-refractivity contribution >= 4 is 20.9 Å². The molecule has 0 unspecified atom stereocenters. The first-order valence-electron chi connectivity index (χ1n) is 9.18. The molecule has 1 aliphatic rings. The number of rotatable bonds is 3. The minimum atomic E-state index is -3.58. The zero-order valence-electron chi connectivity index (χ0n) is 15.5. The number of benzene rings is 2. The van der Waals surface area contributed by atoms with Crippen molar-refractivity contribution in [2.45, 2.75) is 30.6 Å². The van der Waals surface area contributed by atoms with Gasteiger partial charge < -0.3 is 4.57 Å². The van der Waals surface area contributed by atoms with Gasteiger partial charge in [0.05, 0.1) is 4.90 Å². The van der Waals surface area contributed by atoms with Crippen molar-refractivity contribution in [3.63, 3.8) is 0 Å². The van der Waals surface area contributed by atoms with Gasteiger partial charge in [0.1, 0.15) is 5.82 Å². The normalized spacial score (nSPS) is 16.9. The van der Waals surface area contributed by atoms with Crippen molar-refractivity contribution in [1.82, 2.24) is 8.87 Å². The molecule has 0 aliphatic carbocycles. The first kappa shape index (κ1) is 18.2. The van der Waals surface area contributed by atoms with E-state index in [4.69, 9.17) is 0 Å². The molecule has 0 bridgehead atoms. The summed E-state index contributed by atoms with van der Waals surface area (Å²) in [7, 11) is -1.54. The molecule has 3 aromatic rings. The van der Waals surface area contributed by atoms with Crippen LogP contribution in [0.3, 0.4) is 0 Å². The monoisotopic (exact) mass is 386 g/mol. The SMILES string of the molecule is Cc1cc(S(=O)(=O)N2CCC(c3cn(C)c4ccccc34)CC2)ccc1F. The molecule has 0 atom stereocenters. The zero-order valence-corrected chi connectivity index (χ0v) is 16.3. The second-order valence-electron chi connectivity index (χ2n) is 7.30. The Kier molecular flexibility index (Phi) is 4.56. The molecule has 2 aromatic carbocycles. The standard InChI is InChI=1S/C21H23FN2O2S/c1-15-13-17(7-8-20(15)22)27(25,26)24-11-9-16(10-12-24)19-14-23(2)21-6-4-3-5-18(19)21/h3-8,13-14,16H,9-12H2,1-2H3. The van der Waals surface area contributed by atoms with E-state index < -0.39 is 10.0 Å². The number of sulfonamides is 1. The van der Waals surface area contributed by atoms with Crippen LogP contribution >= 0.6 is 0 Å². The summed E-state index contributed by atoms with van der Waals surface area (Å²) in [4.78, 5) is 0.171. The number of halogens is 1. The van der Waals surface area contributed by atoms with Gasteiger partial charge in [0, 0.05) is 37.2 Å². The van der Waals surface area contributed by atoms with Gasteiger partial charge in [0.25, 0.3) is 0 Å². The summed E-state index contributed by atoms with van der Waals surface area (Å²) < 4.78 is 43.0. The van der Waals surface area contributed by atoms with Crippen molar-refractivity contribution in [3.8, 4) is 0 Å². The number of fused-ring (bicyclic) bond motifs is 1. The van der Waals surface area contributed by atoms with Crippen LogP contribution in [-0.4, -0.2) is 30.4 Å². The molecule has 142 valence electrons. The molecule has 4 nitrogen and oxygen atoms in total.